The molecule has 0 aromatic carbocycles. The Bertz CT molecular complexity index is 456. The van der Waals surface area contributed by atoms with E-state index in [1.807, 2.05) is 6.92 Å². The highest BCUT2D eigenvalue weighted by Crippen LogP contribution is 2.04. The normalized spacial score (nSPS) is 12.2. The Balaban J connectivity index is 2.67. The average Bonchev–Trinajstić information content (AvgIpc) is 2.37. The van der Waals surface area contributed by atoms with Crippen LogP contribution in [0.25, 0.3) is 0 Å². The van der Waals surface area contributed by atoms with Crippen molar-refractivity contribution in [1.29, 1.82) is 0 Å². The predicted octanol–water partition coefficient (Wildman–Crippen LogP) is 0.170. The average molecular weight is 253 g/mol. The third-order valence-electron chi connectivity index (χ3n) is 2.56. The maximum absolute atomic E-state index is 11.7. The number of amides is 1. The molecule has 0 saturated carbocycles. The highest BCUT2D eigenvalue weighted by molar-refractivity contribution is 5.94. The molecule has 1 aromatic heterocycles. The van der Waals surface area contributed by atoms with Gasteiger partial charge in [0.15, 0.2) is 0 Å². The maximum atomic E-state index is 11.7. The summed E-state index contributed by atoms with van der Waals surface area (Å²) in [5.74, 6) is -0.284. The van der Waals surface area contributed by atoms with Crippen LogP contribution < -0.4 is 16.6 Å². The van der Waals surface area contributed by atoms with Crippen LogP contribution in [-0.4, -0.2) is 30.2 Å². The monoisotopic (exact) mass is 253 g/mol. The molecule has 0 saturated heterocycles. The van der Waals surface area contributed by atoms with Gasteiger partial charge in [0, 0.05) is 32.5 Å². The topological polar surface area (TPSA) is 86.3 Å². The first-order valence-corrected chi connectivity index (χ1v) is 5.84. The molecule has 18 heavy (non-hydrogen) atoms. The second-order valence-electron chi connectivity index (χ2n) is 3.92. The Morgan fingerprint density at radius 1 is 1.56 bits per heavy atom. The summed E-state index contributed by atoms with van der Waals surface area (Å²) in [4.78, 5) is 23.1. The van der Waals surface area contributed by atoms with Crippen molar-refractivity contribution in [3.63, 3.8) is 0 Å². The van der Waals surface area contributed by atoms with Crippen molar-refractivity contribution < 1.29 is 9.53 Å². The summed E-state index contributed by atoms with van der Waals surface area (Å²) in [6.07, 6.45) is 2.05. The molecule has 3 N–H and O–H groups in total. The van der Waals surface area contributed by atoms with E-state index in [-0.39, 0.29) is 11.5 Å². The number of nitrogens with zero attached hydrogens (tertiary/aromatic N) is 1. The molecule has 0 bridgehead atoms. The van der Waals surface area contributed by atoms with Gasteiger partial charge in [0.25, 0.3) is 5.56 Å². The molecule has 0 aliphatic rings. The first kappa shape index (κ1) is 14.4. The second-order valence-corrected chi connectivity index (χ2v) is 3.92. The molecule has 0 radical (unpaired) electrons. The van der Waals surface area contributed by atoms with E-state index in [9.17, 15) is 9.59 Å². The van der Waals surface area contributed by atoms with Crippen molar-refractivity contribution in [2.24, 2.45) is 5.73 Å². The zero-order chi connectivity index (χ0) is 13.5. The molecule has 0 fully saturated rings. The van der Waals surface area contributed by atoms with E-state index in [1.54, 1.807) is 19.4 Å². The third kappa shape index (κ3) is 3.97. The summed E-state index contributed by atoms with van der Waals surface area (Å²) in [6.45, 7) is 2.85. The predicted molar refractivity (Wildman–Crippen MR) is 69.5 cm³/mol. The largest absolute Gasteiger partial charge is 0.385 e. The van der Waals surface area contributed by atoms with E-state index in [0.717, 1.165) is 0 Å². The molecule has 1 amide bonds. The standard InChI is InChI=1S/C12H19N3O3/c1-3-15-8-9(4-5-11(15)16)14-12(17)10(13)6-7-18-2/h4-5,8,10H,3,6-7,13H2,1-2H3,(H,14,17). The van der Waals surface area contributed by atoms with Crippen LogP contribution in [-0.2, 0) is 16.1 Å². The van der Waals surface area contributed by atoms with Crippen LogP contribution in [0.3, 0.4) is 0 Å². The van der Waals surface area contributed by atoms with Crippen molar-refractivity contribution in [3.8, 4) is 0 Å². The number of ether oxygens (including phenoxy) is 1. The molecule has 6 nitrogen and oxygen atoms in total. The van der Waals surface area contributed by atoms with E-state index >= 15 is 0 Å². The molecule has 1 atom stereocenters. The Morgan fingerprint density at radius 3 is 2.89 bits per heavy atom. The Labute approximate surface area is 106 Å². The van der Waals surface area contributed by atoms with Gasteiger partial charge < -0.3 is 20.4 Å². The van der Waals surface area contributed by atoms with Crippen LogP contribution in [0.2, 0.25) is 0 Å². The van der Waals surface area contributed by atoms with Gasteiger partial charge in [-0.2, -0.15) is 0 Å². The summed E-state index contributed by atoms with van der Waals surface area (Å²) in [5, 5.41) is 2.67. The molecular formula is C12H19N3O3. The van der Waals surface area contributed by atoms with Crippen molar-refractivity contribution in [2.75, 3.05) is 19.0 Å². The fraction of sp³-hybridized carbons (Fsp3) is 0.500. The number of hydrogen-bond donors (Lipinski definition) is 2. The quantitative estimate of drug-likeness (QED) is 0.756. The fourth-order valence-corrected chi connectivity index (χ4v) is 1.46. The minimum Gasteiger partial charge on any atom is -0.385 e. The van der Waals surface area contributed by atoms with Gasteiger partial charge in [-0.3, -0.25) is 9.59 Å². The molecule has 1 rings (SSSR count). The van der Waals surface area contributed by atoms with Gasteiger partial charge >= 0.3 is 0 Å². The Hall–Kier alpha value is -1.66. The molecule has 0 spiro atoms. The lowest BCUT2D eigenvalue weighted by Gasteiger charge is -2.12. The van der Waals surface area contributed by atoms with Gasteiger partial charge in [0.05, 0.1) is 11.7 Å². The van der Waals surface area contributed by atoms with Gasteiger partial charge in [-0.15, -0.1) is 0 Å². The molecular weight excluding hydrogens is 234 g/mol. The summed E-state index contributed by atoms with van der Waals surface area (Å²) in [6, 6.07) is 2.36. The number of nitrogens with two attached hydrogens (primary N) is 1. The Morgan fingerprint density at radius 2 is 2.28 bits per heavy atom. The van der Waals surface area contributed by atoms with E-state index in [1.165, 1.54) is 10.6 Å². The van der Waals surface area contributed by atoms with Gasteiger partial charge in [-0.05, 0) is 19.4 Å². The minimum atomic E-state index is -0.619. The molecule has 1 aromatic rings. The zero-order valence-electron chi connectivity index (χ0n) is 10.7. The summed E-state index contributed by atoms with van der Waals surface area (Å²) in [7, 11) is 1.56. The summed E-state index contributed by atoms with van der Waals surface area (Å²) in [5.41, 5.74) is 6.16. The van der Waals surface area contributed by atoms with Crippen molar-refractivity contribution in [2.45, 2.75) is 25.9 Å². The smallest absolute Gasteiger partial charge is 0.250 e. The molecule has 100 valence electrons. The fourth-order valence-electron chi connectivity index (χ4n) is 1.46. The lowest BCUT2D eigenvalue weighted by atomic mass is 10.2. The van der Waals surface area contributed by atoms with Gasteiger partial charge in [-0.1, -0.05) is 0 Å². The number of anilines is 1. The molecule has 1 unspecified atom stereocenters. The summed E-state index contributed by atoms with van der Waals surface area (Å²) < 4.78 is 6.37. The first-order valence-electron chi connectivity index (χ1n) is 5.84. The van der Waals surface area contributed by atoms with Crippen molar-refractivity contribution in [1.82, 2.24) is 4.57 Å². The van der Waals surface area contributed by atoms with Gasteiger partial charge in [0.1, 0.15) is 0 Å². The highest BCUT2D eigenvalue weighted by atomic mass is 16.5. The lowest BCUT2D eigenvalue weighted by molar-refractivity contribution is -0.117. The SMILES string of the molecule is CCn1cc(NC(=O)C(N)CCOC)ccc1=O. The Kier molecular flexibility index (Phi) is 5.54. The number of carbonyl (C=O) groups is 1. The van der Waals surface area contributed by atoms with Gasteiger partial charge in [-0.25, -0.2) is 0 Å². The maximum Gasteiger partial charge on any atom is 0.250 e. The number of aryl methyl sites for hydroxylation is 1. The van der Waals surface area contributed by atoms with E-state index in [0.29, 0.717) is 25.3 Å². The molecule has 0 aliphatic carbocycles. The number of methoxy groups -OCH3 is 1. The molecule has 1 heterocycles. The van der Waals surface area contributed by atoms with Crippen molar-refractivity contribution >= 4 is 11.6 Å². The summed E-state index contributed by atoms with van der Waals surface area (Å²) >= 11 is 0. The number of nitrogens with one attached hydrogen (secondary N) is 1. The van der Waals surface area contributed by atoms with Crippen molar-refractivity contribution in [3.05, 3.63) is 28.7 Å². The second kappa shape index (κ2) is 6.93. The number of hydrogen-bond acceptors (Lipinski definition) is 4. The first-order chi connectivity index (χ1) is 8.58. The van der Waals surface area contributed by atoms with Crippen LogP contribution in [0.1, 0.15) is 13.3 Å². The highest BCUT2D eigenvalue weighted by Gasteiger charge is 2.13. The van der Waals surface area contributed by atoms with Crippen LogP contribution in [0.15, 0.2) is 23.1 Å². The third-order valence-corrected chi connectivity index (χ3v) is 2.56. The number of rotatable bonds is 6. The van der Waals surface area contributed by atoms with Gasteiger partial charge in [0.2, 0.25) is 5.91 Å². The molecule has 0 aliphatic heterocycles. The number of aromatic nitrogens is 1. The zero-order valence-corrected chi connectivity index (χ0v) is 10.7. The minimum absolute atomic E-state index is 0.0980. The number of carbonyl (C=O) groups excluding carboxylic acids is 1. The van der Waals surface area contributed by atoms with Crippen LogP contribution >= 0.6 is 0 Å². The lowest BCUT2D eigenvalue weighted by Crippen LogP contribution is -2.36. The van der Waals surface area contributed by atoms with Crippen LogP contribution in [0.5, 0.6) is 0 Å². The van der Waals surface area contributed by atoms with Crippen LogP contribution in [0, 0.1) is 0 Å². The van der Waals surface area contributed by atoms with E-state index in [4.69, 9.17) is 10.5 Å². The van der Waals surface area contributed by atoms with E-state index < -0.39 is 6.04 Å². The molecule has 6 heteroatoms. The van der Waals surface area contributed by atoms with E-state index in [2.05, 4.69) is 5.32 Å². The van der Waals surface area contributed by atoms with Crippen LogP contribution in [0.4, 0.5) is 5.69 Å². The number of pyridine rings is 1.